The summed E-state index contributed by atoms with van der Waals surface area (Å²) in [4.78, 5) is 0. The number of hydrogen-bond donors (Lipinski definition) is 2. The summed E-state index contributed by atoms with van der Waals surface area (Å²) in [5.74, 6) is 0. The van der Waals surface area contributed by atoms with Crippen LogP contribution in [0.25, 0.3) is 6.08 Å². The third-order valence-electron chi connectivity index (χ3n) is 4.59. The maximum Gasteiger partial charge on any atom is 0.491 e. The minimum absolute atomic E-state index is 0.337. The molecule has 0 aromatic heterocycles. The number of nitrogens with two attached hydrogens (primary N) is 1. The molecule has 1 aromatic rings. The van der Waals surface area contributed by atoms with Crippen LogP contribution < -0.4 is 11.1 Å². The summed E-state index contributed by atoms with van der Waals surface area (Å²) in [7, 11) is 1.57. The van der Waals surface area contributed by atoms with E-state index >= 15 is 0 Å². The van der Waals surface area contributed by atoms with Gasteiger partial charge in [0.15, 0.2) is 0 Å². The van der Waals surface area contributed by atoms with Gasteiger partial charge in [0.05, 0.1) is 11.2 Å². The molecule has 0 atom stereocenters. The molecule has 0 radical (unpaired) electrons. The van der Waals surface area contributed by atoms with Crippen LogP contribution in [0, 0.1) is 6.92 Å². The zero-order valence-corrected chi connectivity index (χ0v) is 14.5. The van der Waals surface area contributed by atoms with Crippen molar-refractivity contribution in [1.29, 1.82) is 0 Å². The van der Waals surface area contributed by atoms with E-state index in [1.54, 1.807) is 0 Å². The second-order valence-electron chi connectivity index (χ2n) is 6.95. The van der Waals surface area contributed by atoms with Gasteiger partial charge in [0.2, 0.25) is 0 Å². The monoisotopic (exact) mass is 302 g/mol. The van der Waals surface area contributed by atoms with Crippen molar-refractivity contribution in [3.8, 4) is 0 Å². The van der Waals surface area contributed by atoms with E-state index in [9.17, 15) is 0 Å². The van der Waals surface area contributed by atoms with E-state index in [0.717, 1.165) is 22.3 Å². The normalized spacial score (nSPS) is 20.5. The number of nitrogens with one attached hydrogen (secondary N) is 1. The van der Waals surface area contributed by atoms with Crippen LogP contribution in [0.15, 0.2) is 23.7 Å². The maximum absolute atomic E-state index is 6.14. The van der Waals surface area contributed by atoms with Gasteiger partial charge in [-0.15, -0.1) is 0 Å². The molecule has 1 aliphatic rings. The second-order valence-corrected chi connectivity index (χ2v) is 6.95. The van der Waals surface area contributed by atoms with Crippen LogP contribution in [0.3, 0.4) is 0 Å². The maximum atomic E-state index is 6.14. The van der Waals surface area contributed by atoms with Crippen molar-refractivity contribution in [3.63, 3.8) is 0 Å². The van der Waals surface area contributed by atoms with Crippen LogP contribution in [-0.4, -0.2) is 31.9 Å². The highest BCUT2D eigenvalue weighted by molar-refractivity contribution is 6.55. The lowest BCUT2D eigenvalue weighted by molar-refractivity contribution is 0.00578. The Morgan fingerprint density at radius 2 is 1.82 bits per heavy atom. The van der Waals surface area contributed by atoms with Crippen LogP contribution in [-0.2, 0) is 9.31 Å². The minimum atomic E-state index is -0.347. The van der Waals surface area contributed by atoms with Gasteiger partial charge in [-0.05, 0) is 64.3 Å². The summed E-state index contributed by atoms with van der Waals surface area (Å²) >= 11 is 0. The summed E-state index contributed by atoms with van der Waals surface area (Å²) in [6.07, 6.45) is 2.09. The first kappa shape index (κ1) is 17.1. The third kappa shape index (κ3) is 3.37. The third-order valence-corrected chi connectivity index (χ3v) is 4.59. The average Bonchev–Trinajstić information content (AvgIpc) is 2.62. The topological polar surface area (TPSA) is 56.5 Å². The van der Waals surface area contributed by atoms with E-state index in [2.05, 4.69) is 45.2 Å². The van der Waals surface area contributed by atoms with Gasteiger partial charge in [-0.1, -0.05) is 18.2 Å². The van der Waals surface area contributed by atoms with Crippen molar-refractivity contribution in [1.82, 2.24) is 5.32 Å². The predicted molar refractivity (Wildman–Crippen MR) is 93.6 cm³/mol. The lowest BCUT2D eigenvalue weighted by atomic mass is 9.77. The number of anilines is 1. The number of rotatable bonds is 4. The summed E-state index contributed by atoms with van der Waals surface area (Å²) < 4.78 is 12.3. The van der Waals surface area contributed by atoms with Crippen LogP contribution >= 0.6 is 0 Å². The van der Waals surface area contributed by atoms with E-state index in [4.69, 9.17) is 15.0 Å². The first-order valence-corrected chi connectivity index (χ1v) is 7.73. The highest BCUT2D eigenvalue weighted by Gasteiger charge is 2.52. The van der Waals surface area contributed by atoms with Crippen molar-refractivity contribution < 1.29 is 9.31 Å². The van der Waals surface area contributed by atoms with Crippen LogP contribution in [0.2, 0.25) is 0 Å². The lowest BCUT2D eigenvalue weighted by Gasteiger charge is -2.32. The molecule has 0 aliphatic carbocycles. The Hall–Kier alpha value is -1.30. The molecule has 1 aliphatic heterocycles. The number of likely N-dealkylation sites (N-methyl/N-ethyl adjacent to an activating group) is 1. The predicted octanol–water partition coefficient (Wildman–Crippen LogP) is 2.81. The summed E-state index contributed by atoms with van der Waals surface area (Å²) in [5.41, 5.74) is 9.33. The quantitative estimate of drug-likeness (QED) is 0.663. The number of benzene rings is 1. The van der Waals surface area contributed by atoms with Gasteiger partial charge < -0.3 is 20.4 Å². The SMILES string of the molecule is CNCC(=Cc1ccc(C)c(N)c1)B1OC(C)(C)C(C)(C)O1. The highest BCUT2D eigenvalue weighted by Crippen LogP contribution is 2.38. The van der Waals surface area contributed by atoms with Gasteiger partial charge >= 0.3 is 7.12 Å². The standard InChI is InChI=1S/C17H27BN2O2/c1-12-7-8-13(10-15(12)19)9-14(11-20-6)18-21-16(2,3)17(4,5)22-18/h7-10,20H,11,19H2,1-6H3. The Morgan fingerprint density at radius 1 is 1.23 bits per heavy atom. The molecule has 3 N–H and O–H groups in total. The average molecular weight is 302 g/mol. The van der Waals surface area contributed by atoms with E-state index in [1.165, 1.54) is 0 Å². The van der Waals surface area contributed by atoms with Crippen molar-refractivity contribution in [2.45, 2.75) is 45.8 Å². The van der Waals surface area contributed by atoms with Gasteiger partial charge in [0.1, 0.15) is 0 Å². The number of nitrogen functional groups attached to an aromatic ring is 1. The van der Waals surface area contributed by atoms with E-state index in [1.807, 2.05) is 26.1 Å². The molecule has 1 heterocycles. The molecule has 0 spiro atoms. The Balaban J connectivity index is 2.31. The Labute approximate surface area is 134 Å². The van der Waals surface area contributed by atoms with E-state index in [0.29, 0.717) is 6.54 Å². The zero-order chi connectivity index (χ0) is 16.5. The largest absolute Gasteiger partial charge is 0.491 e. The van der Waals surface area contributed by atoms with Crippen LogP contribution in [0.1, 0.15) is 38.8 Å². The molecule has 0 bridgehead atoms. The van der Waals surface area contributed by atoms with E-state index < -0.39 is 0 Å². The minimum Gasteiger partial charge on any atom is -0.400 e. The molecule has 22 heavy (non-hydrogen) atoms. The molecule has 1 saturated heterocycles. The molecule has 4 nitrogen and oxygen atoms in total. The van der Waals surface area contributed by atoms with Gasteiger partial charge in [0.25, 0.3) is 0 Å². The van der Waals surface area contributed by atoms with Gasteiger partial charge in [-0.2, -0.15) is 0 Å². The molecule has 0 unspecified atom stereocenters. The lowest BCUT2D eigenvalue weighted by Crippen LogP contribution is -2.41. The van der Waals surface area contributed by atoms with E-state index in [-0.39, 0.29) is 18.3 Å². The van der Waals surface area contributed by atoms with Crippen LogP contribution in [0.5, 0.6) is 0 Å². The van der Waals surface area contributed by atoms with Gasteiger partial charge in [0, 0.05) is 12.2 Å². The fraction of sp³-hybridized carbons (Fsp3) is 0.529. The molecule has 0 amide bonds. The molecular weight excluding hydrogens is 275 g/mol. The smallest absolute Gasteiger partial charge is 0.400 e. The summed E-state index contributed by atoms with van der Waals surface area (Å²) in [6, 6.07) is 6.07. The fourth-order valence-corrected chi connectivity index (χ4v) is 2.36. The molecule has 120 valence electrons. The molecular formula is C17H27BN2O2. The Morgan fingerprint density at radius 3 is 2.32 bits per heavy atom. The van der Waals surface area contributed by atoms with Crippen molar-refractivity contribution in [2.75, 3.05) is 19.3 Å². The Kier molecular flexibility index (Phi) is 4.71. The van der Waals surface area contributed by atoms with Gasteiger partial charge in [-0.25, -0.2) is 0 Å². The summed E-state index contributed by atoms with van der Waals surface area (Å²) in [6.45, 7) is 11.0. The first-order valence-electron chi connectivity index (χ1n) is 7.73. The molecule has 1 fully saturated rings. The summed E-state index contributed by atoms with van der Waals surface area (Å²) in [5, 5.41) is 3.19. The van der Waals surface area contributed by atoms with Crippen molar-refractivity contribution >= 4 is 18.9 Å². The molecule has 5 heteroatoms. The molecule has 0 saturated carbocycles. The van der Waals surface area contributed by atoms with Crippen LogP contribution in [0.4, 0.5) is 5.69 Å². The van der Waals surface area contributed by atoms with Gasteiger partial charge in [-0.3, -0.25) is 0 Å². The Bertz CT molecular complexity index is 566. The first-order chi connectivity index (χ1) is 10.2. The van der Waals surface area contributed by atoms with Crippen molar-refractivity contribution in [2.24, 2.45) is 0 Å². The number of hydrogen-bond acceptors (Lipinski definition) is 4. The fourth-order valence-electron chi connectivity index (χ4n) is 2.36. The zero-order valence-electron chi connectivity index (χ0n) is 14.5. The highest BCUT2D eigenvalue weighted by atomic mass is 16.7. The molecule has 2 rings (SSSR count). The number of aryl methyl sites for hydroxylation is 1. The molecule has 1 aromatic carbocycles. The second kappa shape index (κ2) is 6.07. The van der Waals surface area contributed by atoms with Crippen molar-refractivity contribution in [3.05, 3.63) is 34.8 Å².